The summed E-state index contributed by atoms with van der Waals surface area (Å²) in [5, 5.41) is 8.52. The smallest absolute Gasteiger partial charge is 0.123 e. The van der Waals surface area contributed by atoms with Gasteiger partial charge in [0.05, 0.1) is 22.8 Å². The lowest BCUT2D eigenvalue weighted by Crippen LogP contribution is -2.12. The molecule has 0 radical (unpaired) electrons. The number of aromatic nitrogens is 4. The molecule has 8 bridgehead atoms. The molecular formula is C48H38N6. The van der Waals surface area contributed by atoms with Crippen molar-refractivity contribution >= 4 is 52.2 Å². The second-order valence-corrected chi connectivity index (χ2v) is 14.1. The molecule has 3 aromatic heterocycles. The van der Waals surface area contributed by atoms with E-state index in [9.17, 15) is 0 Å². The van der Waals surface area contributed by atoms with Crippen molar-refractivity contribution in [3.8, 4) is 44.5 Å². The Hall–Kier alpha value is -7.05. The molecule has 5 N–H and O–H groups in total. The van der Waals surface area contributed by atoms with Crippen LogP contribution in [-0.2, 0) is 0 Å². The fraction of sp³-hybridized carbons (Fsp3) is 0.0625. The number of aromatic amines is 2. The van der Waals surface area contributed by atoms with Crippen molar-refractivity contribution in [3.05, 3.63) is 166 Å². The minimum Gasteiger partial charge on any atom is -0.384 e. The first-order chi connectivity index (χ1) is 26.3. The maximum atomic E-state index is 8.52. The van der Waals surface area contributed by atoms with Crippen molar-refractivity contribution in [3.63, 3.8) is 0 Å². The third kappa shape index (κ3) is 5.84. The van der Waals surface area contributed by atoms with E-state index in [1.165, 1.54) is 16.7 Å². The fourth-order valence-electron chi connectivity index (χ4n) is 7.50. The zero-order valence-electron chi connectivity index (χ0n) is 30.3. The minimum atomic E-state index is -0.00400. The Balaban J connectivity index is 1.48. The number of amidine groups is 1. The molecule has 0 spiro atoms. The molecular weight excluding hydrogens is 661 g/mol. The maximum absolute atomic E-state index is 8.52. The molecule has 7 aromatic rings. The second kappa shape index (κ2) is 13.2. The van der Waals surface area contributed by atoms with Crippen LogP contribution >= 0.6 is 0 Å². The van der Waals surface area contributed by atoms with Crippen LogP contribution in [0.1, 0.15) is 45.0 Å². The molecule has 260 valence electrons. The monoisotopic (exact) mass is 698 g/mol. The lowest BCUT2D eigenvalue weighted by Gasteiger charge is -2.10. The molecule has 4 aromatic carbocycles. The average molecular weight is 699 g/mol. The molecule has 5 heterocycles. The van der Waals surface area contributed by atoms with E-state index in [1.807, 2.05) is 24.3 Å². The average Bonchev–Trinajstić information content (AvgIpc) is 4.02. The van der Waals surface area contributed by atoms with Gasteiger partial charge in [0.15, 0.2) is 0 Å². The summed E-state index contributed by atoms with van der Waals surface area (Å²) >= 11 is 0. The van der Waals surface area contributed by atoms with E-state index in [2.05, 4.69) is 152 Å². The lowest BCUT2D eigenvalue weighted by atomic mass is 9.97. The number of fused-ring (bicyclic) bond motifs is 8. The number of benzene rings is 4. The largest absolute Gasteiger partial charge is 0.384 e. The van der Waals surface area contributed by atoms with Crippen LogP contribution in [0.4, 0.5) is 0 Å². The van der Waals surface area contributed by atoms with Crippen molar-refractivity contribution in [2.75, 3.05) is 0 Å². The molecule has 0 saturated heterocycles. The van der Waals surface area contributed by atoms with Gasteiger partial charge in [0.1, 0.15) is 5.84 Å². The number of hydrogen-bond acceptors (Lipinski definition) is 3. The summed E-state index contributed by atoms with van der Waals surface area (Å²) in [6.45, 7) is 6.31. The molecule has 0 amide bonds. The Bertz CT molecular complexity index is 2810. The third-order valence-electron chi connectivity index (χ3n) is 10.3. The number of nitrogen functional groups attached to an aromatic ring is 1. The number of nitrogens with zero attached hydrogens (tertiary/aromatic N) is 2. The highest BCUT2D eigenvalue weighted by Crippen LogP contribution is 2.39. The van der Waals surface area contributed by atoms with Gasteiger partial charge >= 0.3 is 0 Å². The van der Waals surface area contributed by atoms with E-state index in [0.29, 0.717) is 5.56 Å². The van der Waals surface area contributed by atoms with Crippen LogP contribution in [-0.4, -0.2) is 25.8 Å². The molecule has 2 aliphatic heterocycles. The van der Waals surface area contributed by atoms with Crippen LogP contribution < -0.4 is 5.73 Å². The zero-order chi connectivity index (χ0) is 36.9. The molecule has 0 atom stereocenters. The lowest BCUT2D eigenvalue weighted by molar-refractivity contribution is 1.31. The summed E-state index contributed by atoms with van der Waals surface area (Å²) in [5.74, 6) is -0.00400. The van der Waals surface area contributed by atoms with E-state index in [1.54, 1.807) is 0 Å². The van der Waals surface area contributed by atoms with Gasteiger partial charge in [-0.2, -0.15) is 0 Å². The Morgan fingerprint density at radius 2 is 0.778 bits per heavy atom. The molecule has 0 saturated carbocycles. The third-order valence-corrected chi connectivity index (χ3v) is 10.3. The van der Waals surface area contributed by atoms with Gasteiger partial charge in [0.2, 0.25) is 0 Å². The maximum Gasteiger partial charge on any atom is 0.123 e. The number of aryl methyl sites for hydroxylation is 3. The van der Waals surface area contributed by atoms with Gasteiger partial charge in [-0.1, -0.05) is 114 Å². The minimum absolute atomic E-state index is 0.00400. The van der Waals surface area contributed by atoms with Crippen LogP contribution in [0, 0.1) is 26.2 Å². The topological polar surface area (TPSA) is 107 Å². The molecule has 0 fully saturated rings. The second-order valence-electron chi connectivity index (χ2n) is 14.1. The molecule has 9 rings (SSSR count). The summed E-state index contributed by atoms with van der Waals surface area (Å²) in [7, 11) is 0. The molecule has 2 aliphatic rings. The summed E-state index contributed by atoms with van der Waals surface area (Å²) < 4.78 is 0. The number of rotatable bonds is 5. The van der Waals surface area contributed by atoms with Crippen molar-refractivity contribution in [1.29, 1.82) is 5.41 Å². The van der Waals surface area contributed by atoms with Gasteiger partial charge < -0.3 is 15.7 Å². The highest BCUT2D eigenvalue weighted by atomic mass is 14.8. The Morgan fingerprint density at radius 3 is 1.15 bits per heavy atom. The quantitative estimate of drug-likeness (QED) is 0.106. The van der Waals surface area contributed by atoms with Gasteiger partial charge in [0, 0.05) is 49.9 Å². The standard InChI is InChI=1S/C48H38N6/c1-28-8-14-31(15-9-28)44-36-20-22-38(51-36)45(32-16-10-29(2)11-17-32)40-24-26-42(53-40)47(34-6-4-5-7-35(34)48(49)50)43-27-25-41(54-43)46(39-23-21-37(44)52-39)33-18-12-30(3)13-19-33/h4-27,51,54H,1-3H3,(H3,49,50). The van der Waals surface area contributed by atoms with Crippen LogP contribution in [0.25, 0.3) is 90.9 Å². The van der Waals surface area contributed by atoms with E-state index in [0.717, 1.165) is 89.4 Å². The van der Waals surface area contributed by atoms with Crippen LogP contribution in [0.5, 0.6) is 0 Å². The van der Waals surface area contributed by atoms with Crippen molar-refractivity contribution in [1.82, 2.24) is 19.9 Å². The predicted molar refractivity (Wildman–Crippen MR) is 226 cm³/mol. The van der Waals surface area contributed by atoms with Crippen molar-refractivity contribution in [2.24, 2.45) is 5.73 Å². The molecule has 0 unspecified atom stereocenters. The van der Waals surface area contributed by atoms with Gasteiger partial charge in [-0.25, -0.2) is 9.97 Å². The summed E-state index contributed by atoms with van der Waals surface area (Å²) in [5.41, 5.74) is 25.3. The number of H-pyrrole nitrogens is 2. The van der Waals surface area contributed by atoms with E-state index >= 15 is 0 Å². The predicted octanol–water partition coefficient (Wildman–Crippen LogP) is 11.5. The molecule has 54 heavy (non-hydrogen) atoms. The van der Waals surface area contributed by atoms with Crippen molar-refractivity contribution in [2.45, 2.75) is 20.8 Å². The van der Waals surface area contributed by atoms with Gasteiger partial charge in [0.25, 0.3) is 0 Å². The fourth-order valence-corrected chi connectivity index (χ4v) is 7.50. The molecule has 0 aliphatic carbocycles. The van der Waals surface area contributed by atoms with Crippen LogP contribution in [0.15, 0.2) is 121 Å². The van der Waals surface area contributed by atoms with E-state index in [-0.39, 0.29) is 5.84 Å². The van der Waals surface area contributed by atoms with Crippen LogP contribution in [0.3, 0.4) is 0 Å². The first-order valence-electron chi connectivity index (χ1n) is 18.1. The number of nitrogens with one attached hydrogen (secondary N) is 3. The van der Waals surface area contributed by atoms with E-state index < -0.39 is 0 Å². The Labute approximate surface area is 314 Å². The van der Waals surface area contributed by atoms with Crippen LogP contribution in [0.2, 0.25) is 0 Å². The highest BCUT2D eigenvalue weighted by Gasteiger charge is 2.20. The van der Waals surface area contributed by atoms with Gasteiger partial charge in [-0.05, 0) is 91.6 Å². The summed E-state index contributed by atoms with van der Waals surface area (Å²) in [4.78, 5) is 18.4. The number of hydrogen-bond donors (Lipinski definition) is 4. The zero-order valence-corrected chi connectivity index (χ0v) is 30.3. The SMILES string of the molecule is Cc1ccc(-c2c3nc(c(-c4ccc(C)cc4)c4ccc([nH]4)c(-c4ccccc4C(=N)N)c4nc(c(-c5ccc(C)cc5)c5ccc2[nH]5)C=C4)C=C3)cc1. The van der Waals surface area contributed by atoms with Gasteiger partial charge in [-0.3, -0.25) is 5.41 Å². The van der Waals surface area contributed by atoms with Gasteiger partial charge in [-0.15, -0.1) is 0 Å². The van der Waals surface area contributed by atoms with E-state index in [4.69, 9.17) is 21.1 Å². The van der Waals surface area contributed by atoms with Crippen molar-refractivity contribution < 1.29 is 0 Å². The number of nitrogens with two attached hydrogens (primary N) is 1. The molecule has 6 nitrogen and oxygen atoms in total. The normalized spacial score (nSPS) is 12.0. The Morgan fingerprint density at radius 1 is 0.444 bits per heavy atom. The summed E-state index contributed by atoms with van der Waals surface area (Å²) in [6.07, 6.45) is 8.39. The summed E-state index contributed by atoms with van der Waals surface area (Å²) in [6, 6.07) is 42.1. The molecule has 6 heteroatoms. The first-order valence-corrected chi connectivity index (χ1v) is 18.1. The highest BCUT2D eigenvalue weighted by molar-refractivity contribution is 6.06. The first kappa shape index (κ1) is 32.8. The Kier molecular flexibility index (Phi) is 8.01.